The van der Waals surface area contributed by atoms with E-state index in [1.165, 1.54) is 12.1 Å². The number of carboxylic acid groups (broad SMARTS) is 1. The van der Waals surface area contributed by atoms with E-state index >= 15 is 0 Å². The molecule has 0 aliphatic rings. The number of hydrogen-bond donors (Lipinski definition) is 1. The Morgan fingerprint density at radius 2 is 2.26 bits per heavy atom. The average molecular weight is 351 g/mol. The first-order valence-corrected chi connectivity index (χ1v) is 6.10. The van der Waals surface area contributed by atoms with Gasteiger partial charge in [-0.15, -0.1) is 0 Å². The predicted molar refractivity (Wildman–Crippen MR) is 66.9 cm³/mol. The second-order valence-corrected chi connectivity index (χ2v) is 4.73. The van der Waals surface area contributed by atoms with E-state index in [4.69, 9.17) is 26.0 Å². The highest BCUT2D eigenvalue weighted by Gasteiger charge is 2.13. The van der Waals surface area contributed by atoms with Crippen molar-refractivity contribution in [2.75, 3.05) is 0 Å². The standard InChI is InChI=1S/C11H6BrClFNO4/c12-6-2-7(13)8(14)3-10(6)18-4-5-1-9(11(16)17)15-19-5/h1-3H,4H2,(H,16,17). The van der Waals surface area contributed by atoms with Crippen molar-refractivity contribution in [3.63, 3.8) is 0 Å². The first-order valence-electron chi connectivity index (χ1n) is 4.93. The Balaban J connectivity index is 2.09. The summed E-state index contributed by atoms with van der Waals surface area (Å²) >= 11 is 8.75. The quantitative estimate of drug-likeness (QED) is 0.854. The Labute approximate surface area is 120 Å². The van der Waals surface area contributed by atoms with Crippen LogP contribution in [0.5, 0.6) is 5.75 Å². The van der Waals surface area contributed by atoms with Gasteiger partial charge in [0.05, 0.1) is 9.50 Å². The number of rotatable bonds is 4. The van der Waals surface area contributed by atoms with Crippen molar-refractivity contribution in [1.82, 2.24) is 5.16 Å². The highest BCUT2D eigenvalue weighted by Crippen LogP contribution is 2.31. The zero-order chi connectivity index (χ0) is 14.0. The molecule has 0 bridgehead atoms. The fraction of sp³-hybridized carbons (Fsp3) is 0.0909. The van der Waals surface area contributed by atoms with E-state index in [0.717, 1.165) is 6.07 Å². The molecule has 0 aliphatic heterocycles. The number of ether oxygens (including phenoxy) is 1. The summed E-state index contributed by atoms with van der Waals surface area (Å²) in [7, 11) is 0. The minimum absolute atomic E-state index is 0.0351. The third-order valence-corrected chi connectivity index (χ3v) is 3.03. The van der Waals surface area contributed by atoms with Gasteiger partial charge in [0.25, 0.3) is 0 Å². The van der Waals surface area contributed by atoms with Crippen molar-refractivity contribution < 1.29 is 23.6 Å². The summed E-state index contributed by atoms with van der Waals surface area (Å²) in [5.74, 6) is -1.40. The van der Waals surface area contributed by atoms with Crippen LogP contribution in [-0.2, 0) is 6.61 Å². The highest BCUT2D eigenvalue weighted by atomic mass is 79.9. The van der Waals surface area contributed by atoms with Crippen LogP contribution in [0.3, 0.4) is 0 Å². The van der Waals surface area contributed by atoms with Crippen LogP contribution in [0, 0.1) is 5.82 Å². The molecule has 0 saturated heterocycles. The van der Waals surface area contributed by atoms with E-state index in [-0.39, 0.29) is 28.8 Å². The molecule has 8 heteroatoms. The molecule has 5 nitrogen and oxygen atoms in total. The molecule has 0 atom stereocenters. The molecule has 0 unspecified atom stereocenters. The molecule has 0 saturated carbocycles. The number of carboxylic acids is 1. The number of carbonyl (C=O) groups is 1. The summed E-state index contributed by atoms with van der Waals surface area (Å²) in [6.07, 6.45) is 0. The summed E-state index contributed by atoms with van der Waals surface area (Å²) < 4.78 is 23.7. The fourth-order valence-electron chi connectivity index (χ4n) is 1.25. The summed E-state index contributed by atoms with van der Waals surface area (Å²) in [5.41, 5.74) is -0.222. The van der Waals surface area contributed by atoms with Gasteiger partial charge < -0.3 is 14.4 Å². The Bertz CT molecular complexity index is 631. The molecule has 1 heterocycles. The lowest BCUT2D eigenvalue weighted by molar-refractivity contribution is 0.0685. The van der Waals surface area contributed by atoms with Crippen LogP contribution in [0.25, 0.3) is 0 Å². The minimum atomic E-state index is -1.20. The van der Waals surface area contributed by atoms with Crippen LogP contribution in [0.4, 0.5) is 4.39 Å². The molecule has 19 heavy (non-hydrogen) atoms. The molecule has 100 valence electrons. The van der Waals surface area contributed by atoms with Gasteiger partial charge in [0.1, 0.15) is 18.2 Å². The Kier molecular flexibility index (Phi) is 4.06. The minimum Gasteiger partial charge on any atom is -0.484 e. The lowest BCUT2D eigenvalue weighted by Crippen LogP contribution is -1.97. The smallest absolute Gasteiger partial charge is 0.358 e. The number of aromatic nitrogens is 1. The molecule has 1 aromatic heterocycles. The summed E-state index contributed by atoms with van der Waals surface area (Å²) in [6, 6.07) is 3.69. The summed E-state index contributed by atoms with van der Waals surface area (Å²) in [4.78, 5) is 10.6. The molecular formula is C11H6BrClFNO4. The van der Waals surface area contributed by atoms with Crippen LogP contribution in [-0.4, -0.2) is 16.2 Å². The largest absolute Gasteiger partial charge is 0.484 e. The van der Waals surface area contributed by atoms with Gasteiger partial charge in [0.15, 0.2) is 11.5 Å². The van der Waals surface area contributed by atoms with Crippen molar-refractivity contribution in [3.8, 4) is 5.75 Å². The number of hydrogen-bond acceptors (Lipinski definition) is 4. The van der Waals surface area contributed by atoms with Gasteiger partial charge in [-0.3, -0.25) is 0 Å². The molecule has 0 spiro atoms. The first-order chi connectivity index (χ1) is 8.97. The van der Waals surface area contributed by atoms with E-state index in [1.807, 2.05) is 0 Å². The Morgan fingerprint density at radius 3 is 2.89 bits per heavy atom. The van der Waals surface area contributed by atoms with Crippen molar-refractivity contribution >= 4 is 33.5 Å². The maximum atomic E-state index is 13.2. The molecule has 1 N–H and O–H groups in total. The maximum Gasteiger partial charge on any atom is 0.358 e. The second-order valence-electron chi connectivity index (χ2n) is 3.47. The Morgan fingerprint density at radius 1 is 1.53 bits per heavy atom. The maximum absolute atomic E-state index is 13.2. The molecular weight excluding hydrogens is 344 g/mol. The van der Waals surface area contributed by atoms with Gasteiger partial charge in [-0.1, -0.05) is 16.8 Å². The van der Waals surface area contributed by atoms with Crippen molar-refractivity contribution in [3.05, 3.63) is 45.0 Å². The predicted octanol–water partition coefficient (Wildman–Crippen LogP) is 3.51. The van der Waals surface area contributed by atoms with Crippen LogP contribution in [0.15, 0.2) is 27.2 Å². The van der Waals surface area contributed by atoms with Gasteiger partial charge in [0.2, 0.25) is 0 Å². The first kappa shape index (κ1) is 13.8. The number of nitrogens with zero attached hydrogens (tertiary/aromatic N) is 1. The number of aromatic carboxylic acids is 1. The van der Waals surface area contributed by atoms with E-state index in [0.29, 0.717) is 4.47 Å². The zero-order valence-corrected chi connectivity index (χ0v) is 11.5. The van der Waals surface area contributed by atoms with Gasteiger partial charge in [-0.25, -0.2) is 9.18 Å². The second kappa shape index (κ2) is 5.58. The normalized spacial score (nSPS) is 10.5. The average Bonchev–Trinajstić information content (AvgIpc) is 2.81. The summed E-state index contributed by atoms with van der Waals surface area (Å²) in [5, 5.41) is 11.9. The van der Waals surface area contributed by atoms with E-state index in [2.05, 4.69) is 21.1 Å². The summed E-state index contributed by atoms with van der Waals surface area (Å²) in [6.45, 7) is -0.0834. The lowest BCUT2D eigenvalue weighted by Gasteiger charge is -2.07. The van der Waals surface area contributed by atoms with Crippen LogP contribution in [0.1, 0.15) is 16.2 Å². The fourth-order valence-corrected chi connectivity index (χ4v) is 2.00. The number of benzene rings is 1. The van der Waals surface area contributed by atoms with E-state index in [9.17, 15) is 9.18 Å². The van der Waals surface area contributed by atoms with Gasteiger partial charge >= 0.3 is 5.97 Å². The number of halogens is 3. The van der Waals surface area contributed by atoms with Crippen LogP contribution >= 0.6 is 27.5 Å². The van der Waals surface area contributed by atoms with Crippen molar-refractivity contribution in [2.45, 2.75) is 6.61 Å². The SMILES string of the molecule is O=C(O)c1cc(COc2cc(F)c(Cl)cc2Br)on1. The van der Waals surface area contributed by atoms with Crippen molar-refractivity contribution in [2.24, 2.45) is 0 Å². The third kappa shape index (κ3) is 3.24. The zero-order valence-electron chi connectivity index (χ0n) is 9.19. The molecule has 1 aromatic carbocycles. The van der Waals surface area contributed by atoms with Crippen LogP contribution < -0.4 is 4.74 Å². The van der Waals surface area contributed by atoms with Gasteiger partial charge in [-0.05, 0) is 22.0 Å². The monoisotopic (exact) mass is 349 g/mol. The topological polar surface area (TPSA) is 72.6 Å². The van der Waals surface area contributed by atoms with Gasteiger partial charge in [-0.2, -0.15) is 0 Å². The van der Waals surface area contributed by atoms with Gasteiger partial charge in [0, 0.05) is 12.1 Å². The lowest BCUT2D eigenvalue weighted by atomic mass is 10.3. The molecule has 0 amide bonds. The highest BCUT2D eigenvalue weighted by molar-refractivity contribution is 9.10. The molecule has 0 aliphatic carbocycles. The van der Waals surface area contributed by atoms with E-state index < -0.39 is 11.8 Å². The third-order valence-electron chi connectivity index (χ3n) is 2.12. The van der Waals surface area contributed by atoms with Crippen molar-refractivity contribution in [1.29, 1.82) is 0 Å². The molecule has 0 fully saturated rings. The van der Waals surface area contributed by atoms with Crippen LogP contribution in [0.2, 0.25) is 5.02 Å². The molecule has 2 aromatic rings. The molecule has 2 rings (SSSR count). The molecule has 0 radical (unpaired) electrons. The Hall–Kier alpha value is -1.60. The van der Waals surface area contributed by atoms with E-state index in [1.54, 1.807) is 0 Å².